The highest BCUT2D eigenvalue weighted by atomic mass is 16.5. The third-order valence-electron chi connectivity index (χ3n) is 4.67. The van der Waals surface area contributed by atoms with Gasteiger partial charge in [0.1, 0.15) is 12.1 Å². The van der Waals surface area contributed by atoms with Crippen molar-refractivity contribution < 1.29 is 9.53 Å². The van der Waals surface area contributed by atoms with Gasteiger partial charge in [-0.05, 0) is 49.6 Å². The van der Waals surface area contributed by atoms with E-state index in [0.717, 1.165) is 31.1 Å². The highest BCUT2D eigenvalue weighted by Crippen LogP contribution is 2.23. The Labute approximate surface area is 136 Å². The molecule has 1 heterocycles. The molecule has 23 heavy (non-hydrogen) atoms. The summed E-state index contributed by atoms with van der Waals surface area (Å²) in [5.74, 6) is -0.281. The Hall–Kier alpha value is -2.10. The van der Waals surface area contributed by atoms with Crippen LogP contribution in [-0.4, -0.2) is 16.6 Å². The second-order valence-electron chi connectivity index (χ2n) is 6.24. The van der Waals surface area contributed by atoms with Gasteiger partial charge in [0.05, 0.1) is 0 Å². The van der Waals surface area contributed by atoms with Gasteiger partial charge in [0.2, 0.25) is 0 Å². The second-order valence-corrected chi connectivity index (χ2v) is 6.24. The lowest BCUT2D eigenvalue weighted by atomic mass is 9.98. The first-order valence-corrected chi connectivity index (χ1v) is 8.51. The molecule has 1 atom stereocenters. The molecule has 1 aromatic carbocycles. The van der Waals surface area contributed by atoms with E-state index < -0.39 is 6.04 Å². The quantitative estimate of drug-likeness (QED) is 0.806. The Morgan fingerprint density at radius 3 is 2.70 bits per heavy atom. The summed E-state index contributed by atoms with van der Waals surface area (Å²) in [5, 5.41) is 1.53. The Balaban J connectivity index is 1.86. The van der Waals surface area contributed by atoms with E-state index >= 15 is 0 Å². The van der Waals surface area contributed by atoms with Crippen LogP contribution >= 0.6 is 0 Å². The van der Waals surface area contributed by atoms with Gasteiger partial charge < -0.3 is 9.30 Å². The zero-order chi connectivity index (χ0) is 16.2. The Morgan fingerprint density at radius 1 is 1.22 bits per heavy atom. The number of carbonyl (C=O) groups is 1. The van der Waals surface area contributed by atoms with Crippen LogP contribution in [0.3, 0.4) is 0 Å². The molecule has 1 fully saturated rings. The fraction of sp³-hybridized carbons (Fsp3) is 0.474. The van der Waals surface area contributed by atoms with Crippen molar-refractivity contribution in [1.29, 1.82) is 0 Å². The number of nitrogens with zero attached hydrogens (tertiary/aromatic N) is 1. The summed E-state index contributed by atoms with van der Waals surface area (Å²) in [7, 11) is 0. The molecule has 2 aromatic rings. The highest BCUT2D eigenvalue weighted by molar-refractivity contribution is 5.82. The number of pyridine rings is 1. The monoisotopic (exact) mass is 313 g/mol. The molecule has 1 unspecified atom stereocenters. The van der Waals surface area contributed by atoms with Gasteiger partial charge in [0.25, 0.3) is 5.56 Å². The van der Waals surface area contributed by atoms with Gasteiger partial charge in [-0.15, -0.1) is 0 Å². The van der Waals surface area contributed by atoms with Gasteiger partial charge in [-0.1, -0.05) is 31.5 Å². The van der Waals surface area contributed by atoms with E-state index in [9.17, 15) is 9.59 Å². The SMILES string of the molecule is CCC(C(=O)OC1CCCCC1)n1ccc2ccccc2c1=O. The van der Waals surface area contributed by atoms with E-state index in [-0.39, 0.29) is 17.6 Å². The molecule has 0 saturated heterocycles. The number of aromatic nitrogens is 1. The van der Waals surface area contributed by atoms with Gasteiger partial charge in [-0.3, -0.25) is 4.79 Å². The van der Waals surface area contributed by atoms with Crippen LogP contribution in [0.25, 0.3) is 10.8 Å². The minimum absolute atomic E-state index is 0.0152. The zero-order valence-electron chi connectivity index (χ0n) is 13.5. The predicted molar refractivity (Wildman–Crippen MR) is 90.5 cm³/mol. The van der Waals surface area contributed by atoms with Crippen LogP contribution in [0.1, 0.15) is 51.5 Å². The largest absolute Gasteiger partial charge is 0.461 e. The molecule has 3 rings (SSSR count). The Kier molecular flexibility index (Phi) is 4.79. The molecule has 4 heteroatoms. The van der Waals surface area contributed by atoms with Crippen molar-refractivity contribution in [1.82, 2.24) is 4.57 Å². The minimum Gasteiger partial charge on any atom is -0.461 e. The summed E-state index contributed by atoms with van der Waals surface area (Å²) in [6.45, 7) is 1.91. The smallest absolute Gasteiger partial charge is 0.329 e. The van der Waals surface area contributed by atoms with E-state index in [1.807, 2.05) is 31.2 Å². The van der Waals surface area contributed by atoms with Crippen LogP contribution in [0.15, 0.2) is 41.3 Å². The summed E-state index contributed by atoms with van der Waals surface area (Å²) in [5.41, 5.74) is -0.129. The molecule has 1 aliphatic rings. The molecular weight excluding hydrogens is 290 g/mol. The summed E-state index contributed by atoms with van der Waals surface area (Å²) in [6, 6.07) is 8.79. The topological polar surface area (TPSA) is 48.3 Å². The molecule has 0 amide bonds. The van der Waals surface area contributed by atoms with Crippen molar-refractivity contribution in [2.45, 2.75) is 57.6 Å². The normalized spacial score (nSPS) is 17.1. The molecule has 1 aromatic heterocycles. The lowest BCUT2D eigenvalue weighted by Gasteiger charge is -2.25. The fourth-order valence-electron chi connectivity index (χ4n) is 3.35. The molecule has 1 saturated carbocycles. The third-order valence-corrected chi connectivity index (χ3v) is 4.67. The van der Waals surface area contributed by atoms with Gasteiger partial charge in [-0.25, -0.2) is 4.79 Å². The zero-order valence-corrected chi connectivity index (χ0v) is 13.5. The molecule has 4 nitrogen and oxygen atoms in total. The summed E-state index contributed by atoms with van der Waals surface area (Å²) in [6.07, 6.45) is 7.60. The maximum absolute atomic E-state index is 12.7. The Morgan fingerprint density at radius 2 is 1.96 bits per heavy atom. The van der Waals surface area contributed by atoms with Gasteiger partial charge in [-0.2, -0.15) is 0 Å². The number of rotatable bonds is 4. The van der Waals surface area contributed by atoms with Crippen LogP contribution in [0, 0.1) is 0 Å². The average molecular weight is 313 g/mol. The third kappa shape index (κ3) is 3.31. The molecule has 1 aliphatic carbocycles. The van der Waals surface area contributed by atoms with Crippen molar-refractivity contribution in [3.05, 3.63) is 46.9 Å². The van der Waals surface area contributed by atoms with Crippen LogP contribution < -0.4 is 5.56 Å². The van der Waals surface area contributed by atoms with Gasteiger partial charge in [0.15, 0.2) is 0 Å². The first-order valence-electron chi connectivity index (χ1n) is 8.51. The molecule has 0 bridgehead atoms. The number of esters is 1. The van der Waals surface area contributed by atoms with Crippen LogP contribution in [0.4, 0.5) is 0 Å². The van der Waals surface area contributed by atoms with E-state index in [0.29, 0.717) is 11.8 Å². The Bertz CT molecular complexity index is 744. The molecule has 0 spiro atoms. The van der Waals surface area contributed by atoms with Crippen LogP contribution in [0.5, 0.6) is 0 Å². The molecule has 0 aliphatic heterocycles. The highest BCUT2D eigenvalue weighted by Gasteiger charge is 2.25. The number of ether oxygens (including phenoxy) is 1. The molecular formula is C19H23NO3. The summed E-state index contributed by atoms with van der Waals surface area (Å²) >= 11 is 0. The van der Waals surface area contributed by atoms with Crippen molar-refractivity contribution >= 4 is 16.7 Å². The van der Waals surface area contributed by atoms with E-state index in [2.05, 4.69) is 0 Å². The number of fused-ring (bicyclic) bond motifs is 1. The van der Waals surface area contributed by atoms with Crippen molar-refractivity contribution in [3.8, 4) is 0 Å². The maximum atomic E-state index is 12.7. The predicted octanol–water partition coefficient (Wildman–Crippen LogP) is 3.83. The number of carbonyl (C=O) groups excluding carboxylic acids is 1. The number of hydrogen-bond donors (Lipinski definition) is 0. The second kappa shape index (κ2) is 6.99. The van der Waals surface area contributed by atoms with E-state index in [4.69, 9.17) is 4.74 Å². The van der Waals surface area contributed by atoms with Crippen LogP contribution in [0.2, 0.25) is 0 Å². The average Bonchev–Trinajstić information content (AvgIpc) is 2.58. The molecule has 0 radical (unpaired) electrons. The van der Waals surface area contributed by atoms with Crippen molar-refractivity contribution in [3.63, 3.8) is 0 Å². The maximum Gasteiger partial charge on any atom is 0.329 e. The standard InChI is InChI=1S/C19H23NO3/c1-2-17(19(22)23-15-9-4-3-5-10-15)20-13-12-14-8-6-7-11-16(14)18(20)21/h6-8,11-13,15,17H,2-5,9-10H2,1H3. The lowest BCUT2D eigenvalue weighted by Crippen LogP contribution is -2.33. The van der Waals surface area contributed by atoms with Gasteiger partial charge >= 0.3 is 5.97 Å². The van der Waals surface area contributed by atoms with E-state index in [1.165, 1.54) is 11.0 Å². The van der Waals surface area contributed by atoms with Crippen molar-refractivity contribution in [2.24, 2.45) is 0 Å². The van der Waals surface area contributed by atoms with Crippen LogP contribution in [-0.2, 0) is 9.53 Å². The van der Waals surface area contributed by atoms with Gasteiger partial charge in [0, 0.05) is 11.6 Å². The summed E-state index contributed by atoms with van der Waals surface area (Å²) < 4.78 is 7.19. The van der Waals surface area contributed by atoms with E-state index in [1.54, 1.807) is 12.3 Å². The summed E-state index contributed by atoms with van der Waals surface area (Å²) in [4.78, 5) is 25.2. The molecule has 122 valence electrons. The first-order chi connectivity index (χ1) is 11.2. The molecule has 0 N–H and O–H groups in total. The first kappa shape index (κ1) is 15.8. The number of benzene rings is 1. The van der Waals surface area contributed by atoms with Crippen molar-refractivity contribution in [2.75, 3.05) is 0 Å². The number of hydrogen-bond acceptors (Lipinski definition) is 3. The minimum atomic E-state index is -0.547. The fourth-order valence-corrected chi connectivity index (χ4v) is 3.35. The lowest BCUT2D eigenvalue weighted by molar-refractivity contribution is -0.154.